The van der Waals surface area contributed by atoms with E-state index in [2.05, 4.69) is 4.18 Å². The second-order valence-electron chi connectivity index (χ2n) is 7.86. The molecule has 37 heavy (non-hydrogen) atoms. The van der Waals surface area contributed by atoms with Gasteiger partial charge in [0.1, 0.15) is 5.75 Å². The van der Waals surface area contributed by atoms with Crippen LogP contribution in [0.25, 0.3) is 21.8 Å². The highest BCUT2D eigenvalue weighted by molar-refractivity contribution is 7.88. The van der Waals surface area contributed by atoms with E-state index in [0.717, 1.165) is 27.7 Å². The van der Waals surface area contributed by atoms with Gasteiger partial charge < -0.3 is 14.0 Å². The fourth-order valence-electron chi connectivity index (χ4n) is 4.13. The van der Waals surface area contributed by atoms with Crippen molar-refractivity contribution in [1.82, 2.24) is 9.47 Å². The lowest BCUT2D eigenvalue weighted by Crippen LogP contribution is -2.28. The van der Waals surface area contributed by atoms with Gasteiger partial charge in [0.2, 0.25) is 0 Å². The standard InChI is InChI=1S/C23H13F3N2O8S/c1-27-20(29)18-16(35-14-8-4-5-9-15(14)36-37(33,34)23(24,25)26)10-13-17(19(18)21(27)30)11-6-2-3-7-12(11)28(13)22(31)32/h2-10H,1H3,(H,31,32). The smallest absolute Gasteiger partial charge is 0.464 e. The van der Waals surface area contributed by atoms with Crippen molar-refractivity contribution < 1.29 is 50.0 Å². The molecule has 0 atom stereocenters. The predicted molar refractivity (Wildman–Crippen MR) is 121 cm³/mol. The molecule has 0 aliphatic carbocycles. The number of amides is 2. The highest BCUT2D eigenvalue weighted by atomic mass is 32.2. The number of hydrogen-bond donors (Lipinski definition) is 1. The molecule has 0 spiro atoms. The minimum absolute atomic E-state index is 0.0415. The molecule has 1 aromatic heterocycles. The number of hydrogen-bond acceptors (Lipinski definition) is 7. The van der Waals surface area contributed by atoms with Crippen LogP contribution in [0, 0.1) is 0 Å². The molecule has 1 aliphatic rings. The number of carbonyl (C=O) groups excluding carboxylic acids is 2. The van der Waals surface area contributed by atoms with Gasteiger partial charge in [-0.25, -0.2) is 9.36 Å². The van der Waals surface area contributed by atoms with Crippen molar-refractivity contribution in [3.05, 3.63) is 65.7 Å². The van der Waals surface area contributed by atoms with E-state index < -0.39 is 50.8 Å². The van der Waals surface area contributed by atoms with Gasteiger partial charge >= 0.3 is 21.7 Å². The van der Waals surface area contributed by atoms with Crippen molar-refractivity contribution in [1.29, 1.82) is 0 Å². The Morgan fingerprint density at radius 1 is 0.892 bits per heavy atom. The molecular weight excluding hydrogens is 521 g/mol. The van der Waals surface area contributed by atoms with Crippen LogP contribution in [0.15, 0.2) is 54.6 Å². The number of fused-ring (bicyclic) bond motifs is 5. The summed E-state index contributed by atoms with van der Waals surface area (Å²) >= 11 is 0. The summed E-state index contributed by atoms with van der Waals surface area (Å²) < 4.78 is 72.5. The summed E-state index contributed by atoms with van der Waals surface area (Å²) in [6.07, 6.45) is -1.41. The second-order valence-corrected chi connectivity index (χ2v) is 9.39. The van der Waals surface area contributed by atoms with Gasteiger partial charge in [0.15, 0.2) is 11.5 Å². The van der Waals surface area contributed by atoms with Gasteiger partial charge in [0.25, 0.3) is 11.8 Å². The van der Waals surface area contributed by atoms with Crippen LogP contribution in [0.3, 0.4) is 0 Å². The number of aromatic nitrogens is 1. The first kappa shape index (κ1) is 24.1. The minimum Gasteiger partial charge on any atom is -0.464 e. The van der Waals surface area contributed by atoms with E-state index in [1.54, 1.807) is 18.2 Å². The lowest BCUT2D eigenvalue weighted by atomic mass is 10.0. The van der Waals surface area contributed by atoms with E-state index in [1.165, 1.54) is 25.2 Å². The molecular formula is C23H13F3N2O8S. The largest absolute Gasteiger partial charge is 0.534 e. The lowest BCUT2D eigenvalue weighted by molar-refractivity contribution is -0.0500. The Hall–Kier alpha value is -4.59. The number of halogens is 3. The summed E-state index contributed by atoms with van der Waals surface area (Å²) in [5.74, 6) is -3.35. The molecule has 2 heterocycles. The van der Waals surface area contributed by atoms with Gasteiger partial charge in [-0.05, 0) is 18.2 Å². The van der Waals surface area contributed by atoms with Gasteiger partial charge in [0, 0.05) is 23.9 Å². The zero-order chi connectivity index (χ0) is 26.9. The maximum atomic E-state index is 13.1. The van der Waals surface area contributed by atoms with Gasteiger partial charge in [-0.2, -0.15) is 21.6 Å². The number of carboxylic acid groups (broad SMARTS) is 1. The number of benzene rings is 3. The summed E-state index contributed by atoms with van der Waals surface area (Å²) in [7, 11) is -4.87. The average Bonchev–Trinajstić information content (AvgIpc) is 3.27. The highest BCUT2D eigenvalue weighted by Crippen LogP contribution is 2.44. The van der Waals surface area contributed by atoms with Crippen molar-refractivity contribution in [2.45, 2.75) is 5.51 Å². The van der Waals surface area contributed by atoms with Gasteiger partial charge in [0.05, 0.1) is 22.2 Å². The van der Waals surface area contributed by atoms with Crippen LogP contribution >= 0.6 is 0 Å². The molecule has 2 amide bonds. The number of para-hydroxylation sites is 3. The molecule has 3 aromatic carbocycles. The third kappa shape index (κ3) is 3.56. The van der Waals surface area contributed by atoms with E-state index in [0.29, 0.717) is 5.39 Å². The Kier molecular flexibility index (Phi) is 5.19. The van der Waals surface area contributed by atoms with Gasteiger partial charge in [-0.1, -0.05) is 30.3 Å². The van der Waals surface area contributed by atoms with E-state index >= 15 is 0 Å². The van der Waals surface area contributed by atoms with E-state index in [4.69, 9.17) is 4.74 Å². The zero-order valence-electron chi connectivity index (χ0n) is 18.4. The monoisotopic (exact) mass is 534 g/mol. The molecule has 0 bridgehead atoms. The summed E-state index contributed by atoms with van der Waals surface area (Å²) in [5, 5.41) is 10.4. The Balaban J connectivity index is 1.78. The third-order valence-corrected chi connectivity index (χ3v) is 6.67. The number of alkyl halides is 3. The van der Waals surface area contributed by atoms with Crippen molar-refractivity contribution in [2.75, 3.05) is 7.05 Å². The molecule has 10 nitrogen and oxygen atoms in total. The second kappa shape index (κ2) is 7.96. The fourth-order valence-corrected chi connectivity index (χ4v) is 4.60. The first-order valence-corrected chi connectivity index (χ1v) is 11.7. The van der Waals surface area contributed by atoms with Crippen molar-refractivity contribution >= 4 is 49.8 Å². The van der Waals surface area contributed by atoms with Crippen molar-refractivity contribution in [2.24, 2.45) is 0 Å². The van der Waals surface area contributed by atoms with Gasteiger partial charge in [-0.15, -0.1) is 0 Å². The van der Waals surface area contributed by atoms with Crippen molar-refractivity contribution in [3.63, 3.8) is 0 Å². The van der Waals surface area contributed by atoms with Crippen LogP contribution in [0.5, 0.6) is 17.2 Å². The third-order valence-electron chi connectivity index (χ3n) is 5.71. The minimum atomic E-state index is -6.07. The molecule has 0 radical (unpaired) electrons. The van der Waals surface area contributed by atoms with E-state index in [-0.39, 0.29) is 27.5 Å². The molecule has 1 aliphatic heterocycles. The maximum absolute atomic E-state index is 13.1. The molecule has 0 fully saturated rings. The summed E-state index contributed by atoms with van der Waals surface area (Å²) in [6, 6.07) is 11.9. The molecule has 4 aromatic rings. The molecule has 5 rings (SSSR count). The quantitative estimate of drug-likeness (QED) is 0.229. The Bertz CT molecular complexity index is 1780. The molecule has 14 heteroatoms. The lowest BCUT2D eigenvalue weighted by Gasteiger charge is -2.15. The average molecular weight is 534 g/mol. The van der Waals surface area contributed by atoms with Gasteiger partial charge in [-0.3, -0.25) is 14.5 Å². The summed E-state index contributed by atoms with van der Waals surface area (Å²) in [4.78, 5) is 39.0. The Morgan fingerprint density at radius 3 is 2.14 bits per heavy atom. The fraction of sp³-hybridized carbons (Fsp3) is 0.0870. The van der Waals surface area contributed by atoms with E-state index in [1.807, 2.05) is 0 Å². The SMILES string of the molecule is CN1C(=O)c2c(Oc3ccccc3OS(=O)(=O)C(F)(F)F)cc3c(c2C1=O)c1ccccc1n3C(=O)O. The highest BCUT2D eigenvalue weighted by Gasteiger charge is 2.49. The first-order chi connectivity index (χ1) is 17.3. The summed E-state index contributed by atoms with van der Waals surface area (Å²) in [6.45, 7) is 0. The number of imide groups is 1. The van der Waals surface area contributed by atoms with Crippen LogP contribution in [0.2, 0.25) is 0 Å². The van der Waals surface area contributed by atoms with E-state index in [9.17, 15) is 41.1 Å². The maximum Gasteiger partial charge on any atom is 0.534 e. The predicted octanol–water partition coefficient (Wildman–Crippen LogP) is 4.57. The molecule has 0 unspecified atom stereocenters. The normalized spacial score (nSPS) is 13.9. The first-order valence-electron chi connectivity index (χ1n) is 10.3. The Labute approximate surface area is 205 Å². The number of nitrogens with zero attached hydrogens (tertiary/aromatic N) is 2. The van der Waals surface area contributed by atoms with Crippen LogP contribution in [-0.4, -0.2) is 53.5 Å². The van der Waals surface area contributed by atoms with Crippen LogP contribution in [0.4, 0.5) is 18.0 Å². The number of rotatable bonds is 4. The van der Waals surface area contributed by atoms with Crippen LogP contribution in [-0.2, 0) is 10.1 Å². The molecule has 0 saturated heterocycles. The Morgan fingerprint density at radius 2 is 1.49 bits per heavy atom. The molecule has 190 valence electrons. The number of ether oxygens (including phenoxy) is 1. The molecule has 1 N–H and O–H groups in total. The van der Waals surface area contributed by atoms with Crippen LogP contribution < -0.4 is 8.92 Å². The summed E-state index contributed by atoms with van der Waals surface area (Å²) in [5.41, 5.74) is -6.01. The number of carbonyl (C=O) groups is 3. The zero-order valence-corrected chi connectivity index (χ0v) is 19.3. The van der Waals surface area contributed by atoms with Crippen molar-refractivity contribution in [3.8, 4) is 17.2 Å². The van der Waals surface area contributed by atoms with Crippen LogP contribution in [0.1, 0.15) is 20.7 Å². The molecule has 0 saturated carbocycles. The topological polar surface area (TPSA) is 132 Å².